The van der Waals surface area contributed by atoms with Gasteiger partial charge in [0, 0.05) is 18.8 Å². The van der Waals surface area contributed by atoms with Crippen LogP contribution in [0.5, 0.6) is 0 Å². The smallest absolute Gasteiger partial charge is 0.330 e. The minimum Gasteiger partial charge on any atom is -0.399 e. The van der Waals surface area contributed by atoms with E-state index in [9.17, 15) is 4.79 Å². The Labute approximate surface area is 120 Å². The maximum atomic E-state index is 11.9. The lowest BCUT2D eigenvalue weighted by molar-refractivity contribution is -0.205. The summed E-state index contributed by atoms with van der Waals surface area (Å²) < 4.78 is 0. The van der Waals surface area contributed by atoms with E-state index in [4.69, 9.17) is 10.6 Å². The van der Waals surface area contributed by atoms with E-state index in [0.717, 1.165) is 31.6 Å². The Bertz CT molecular complexity index is 462. The molecule has 1 atom stereocenters. The van der Waals surface area contributed by atoms with Gasteiger partial charge >= 0.3 is 5.97 Å². The highest BCUT2D eigenvalue weighted by atomic mass is 16.7. The van der Waals surface area contributed by atoms with Crippen molar-refractivity contribution in [2.75, 3.05) is 18.8 Å². The molecule has 0 saturated carbocycles. The second-order valence-electron chi connectivity index (χ2n) is 6.52. The highest BCUT2D eigenvalue weighted by molar-refractivity contribution is 5.75. The number of anilines is 1. The third kappa shape index (κ3) is 3.73. The molecule has 0 aromatic heterocycles. The number of hydroxylamine groups is 2. The van der Waals surface area contributed by atoms with Gasteiger partial charge in [-0.2, -0.15) is 0 Å². The number of carbonyl (C=O) groups is 1. The van der Waals surface area contributed by atoms with Crippen LogP contribution in [-0.4, -0.2) is 24.1 Å². The summed E-state index contributed by atoms with van der Waals surface area (Å²) in [6, 6.07) is 7.98. The van der Waals surface area contributed by atoms with Gasteiger partial charge in [0.2, 0.25) is 0 Å². The molecule has 0 amide bonds. The molecular weight excluding hydrogens is 252 g/mol. The van der Waals surface area contributed by atoms with E-state index < -0.39 is 5.41 Å². The summed E-state index contributed by atoms with van der Waals surface area (Å²) in [5, 5.41) is 1.80. The van der Waals surface area contributed by atoms with Crippen molar-refractivity contribution >= 4 is 11.7 Å². The van der Waals surface area contributed by atoms with E-state index >= 15 is 0 Å². The molecule has 0 radical (unpaired) electrons. The average Bonchev–Trinajstić information content (AvgIpc) is 2.39. The van der Waals surface area contributed by atoms with Crippen LogP contribution in [0, 0.1) is 5.41 Å². The van der Waals surface area contributed by atoms with Crippen LogP contribution in [0.15, 0.2) is 24.3 Å². The zero-order chi connectivity index (χ0) is 14.8. The number of carbonyl (C=O) groups excluding carboxylic acids is 1. The molecule has 1 aliphatic rings. The molecule has 1 aromatic rings. The highest BCUT2D eigenvalue weighted by Gasteiger charge is 2.29. The molecular formula is C16H24N2O2. The van der Waals surface area contributed by atoms with E-state index in [1.807, 2.05) is 32.9 Å². The van der Waals surface area contributed by atoms with Crippen LogP contribution in [0.4, 0.5) is 5.69 Å². The van der Waals surface area contributed by atoms with Crippen molar-refractivity contribution in [3.63, 3.8) is 0 Å². The first-order chi connectivity index (χ1) is 9.36. The summed E-state index contributed by atoms with van der Waals surface area (Å²) in [5.74, 6) is 0.229. The van der Waals surface area contributed by atoms with Gasteiger partial charge in [0.05, 0.1) is 5.41 Å². The summed E-state index contributed by atoms with van der Waals surface area (Å²) >= 11 is 0. The van der Waals surface area contributed by atoms with E-state index in [2.05, 4.69) is 12.1 Å². The maximum absolute atomic E-state index is 11.9. The van der Waals surface area contributed by atoms with Gasteiger partial charge in [0.1, 0.15) is 0 Å². The van der Waals surface area contributed by atoms with Crippen molar-refractivity contribution in [2.45, 2.75) is 39.5 Å². The molecule has 1 fully saturated rings. The Kier molecular flexibility index (Phi) is 4.33. The fourth-order valence-electron chi connectivity index (χ4n) is 2.32. The van der Waals surface area contributed by atoms with Crippen LogP contribution in [0.2, 0.25) is 0 Å². The van der Waals surface area contributed by atoms with Crippen molar-refractivity contribution in [3.8, 4) is 0 Å². The van der Waals surface area contributed by atoms with Crippen LogP contribution in [0.25, 0.3) is 0 Å². The largest absolute Gasteiger partial charge is 0.399 e. The molecule has 4 nitrogen and oxygen atoms in total. The molecule has 2 N–H and O–H groups in total. The zero-order valence-corrected chi connectivity index (χ0v) is 12.6. The third-order valence-corrected chi connectivity index (χ3v) is 3.62. The maximum Gasteiger partial charge on any atom is 0.330 e. The van der Waals surface area contributed by atoms with Gasteiger partial charge in [-0.15, -0.1) is 5.06 Å². The molecule has 2 rings (SSSR count). The number of benzene rings is 1. The summed E-state index contributed by atoms with van der Waals surface area (Å²) in [6.07, 6.45) is 2.15. The summed E-state index contributed by atoms with van der Waals surface area (Å²) in [6.45, 7) is 7.18. The zero-order valence-electron chi connectivity index (χ0n) is 12.6. The van der Waals surface area contributed by atoms with Gasteiger partial charge in [-0.3, -0.25) is 0 Å². The molecule has 1 aromatic carbocycles. The Morgan fingerprint density at radius 2 is 1.95 bits per heavy atom. The molecule has 20 heavy (non-hydrogen) atoms. The Morgan fingerprint density at radius 1 is 1.30 bits per heavy atom. The van der Waals surface area contributed by atoms with Crippen molar-refractivity contribution in [3.05, 3.63) is 29.8 Å². The Balaban J connectivity index is 1.98. The standard InChI is InChI=1S/C16H24N2O2/c1-16(2,3)15(19)20-18-10-4-5-13(11-18)12-6-8-14(17)9-7-12/h6-9,13H,4-5,10-11,17H2,1-3H3/t13-/m1/s1. The highest BCUT2D eigenvalue weighted by Crippen LogP contribution is 2.28. The summed E-state index contributed by atoms with van der Waals surface area (Å²) in [7, 11) is 0. The predicted octanol–water partition coefficient (Wildman–Crippen LogP) is 2.95. The number of nitrogen functional groups attached to an aromatic ring is 1. The predicted molar refractivity (Wildman–Crippen MR) is 79.9 cm³/mol. The van der Waals surface area contributed by atoms with Crippen molar-refractivity contribution in [1.82, 2.24) is 5.06 Å². The molecule has 0 aliphatic carbocycles. The number of hydrogen-bond acceptors (Lipinski definition) is 4. The lowest BCUT2D eigenvalue weighted by atomic mass is 9.91. The molecule has 1 saturated heterocycles. The monoisotopic (exact) mass is 276 g/mol. The number of hydrogen-bond donors (Lipinski definition) is 1. The third-order valence-electron chi connectivity index (χ3n) is 3.62. The van der Waals surface area contributed by atoms with Gasteiger partial charge in [-0.05, 0) is 57.2 Å². The van der Waals surface area contributed by atoms with Gasteiger partial charge in [0.15, 0.2) is 0 Å². The normalized spacial score (nSPS) is 20.6. The summed E-state index contributed by atoms with van der Waals surface area (Å²) in [5.41, 5.74) is 7.29. The molecule has 1 aliphatic heterocycles. The quantitative estimate of drug-likeness (QED) is 0.844. The molecule has 1 heterocycles. The first-order valence-corrected chi connectivity index (χ1v) is 7.19. The number of piperidine rings is 1. The van der Waals surface area contributed by atoms with Gasteiger partial charge in [-0.25, -0.2) is 4.79 Å². The van der Waals surface area contributed by atoms with E-state index in [1.54, 1.807) is 5.06 Å². The van der Waals surface area contributed by atoms with Crippen LogP contribution in [-0.2, 0) is 9.63 Å². The van der Waals surface area contributed by atoms with E-state index in [1.165, 1.54) is 5.56 Å². The van der Waals surface area contributed by atoms with Crippen LogP contribution in [0.1, 0.15) is 45.1 Å². The second-order valence-corrected chi connectivity index (χ2v) is 6.52. The van der Waals surface area contributed by atoms with Crippen LogP contribution >= 0.6 is 0 Å². The lowest BCUT2D eigenvalue weighted by Crippen LogP contribution is -2.39. The van der Waals surface area contributed by atoms with Gasteiger partial charge < -0.3 is 10.6 Å². The van der Waals surface area contributed by atoms with Crippen LogP contribution < -0.4 is 5.73 Å². The Hall–Kier alpha value is -1.55. The molecule has 110 valence electrons. The topological polar surface area (TPSA) is 55.6 Å². The van der Waals surface area contributed by atoms with Gasteiger partial charge in [-0.1, -0.05) is 12.1 Å². The van der Waals surface area contributed by atoms with E-state index in [0.29, 0.717) is 5.92 Å². The number of nitrogens with zero attached hydrogens (tertiary/aromatic N) is 1. The minimum atomic E-state index is -0.464. The molecule has 4 heteroatoms. The molecule has 0 bridgehead atoms. The minimum absolute atomic E-state index is 0.171. The molecule has 0 unspecified atom stereocenters. The molecule has 0 spiro atoms. The van der Waals surface area contributed by atoms with Crippen LogP contribution in [0.3, 0.4) is 0 Å². The summed E-state index contributed by atoms with van der Waals surface area (Å²) in [4.78, 5) is 17.4. The number of rotatable bonds is 2. The Morgan fingerprint density at radius 3 is 2.55 bits per heavy atom. The van der Waals surface area contributed by atoms with Crippen molar-refractivity contribution < 1.29 is 9.63 Å². The van der Waals surface area contributed by atoms with Crippen molar-refractivity contribution in [1.29, 1.82) is 0 Å². The first kappa shape index (κ1) is 14.9. The van der Waals surface area contributed by atoms with Crippen molar-refractivity contribution in [2.24, 2.45) is 5.41 Å². The fraction of sp³-hybridized carbons (Fsp3) is 0.562. The average molecular weight is 276 g/mol. The lowest BCUT2D eigenvalue weighted by Gasteiger charge is -2.33. The van der Waals surface area contributed by atoms with Gasteiger partial charge in [0.25, 0.3) is 0 Å². The first-order valence-electron chi connectivity index (χ1n) is 7.19. The fourth-order valence-corrected chi connectivity index (χ4v) is 2.32. The van der Waals surface area contributed by atoms with E-state index in [-0.39, 0.29) is 5.97 Å². The SMILES string of the molecule is CC(C)(C)C(=O)ON1CCC[C@@H](c2ccc(N)cc2)C1. The second kappa shape index (κ2) is 5.83. The number of nitrogens with two attached hydrogens (primary N) is 1.